The van der Waals surface area contributed by atoms with Crippen LogP contribution >= 0.6 is 11.3 Å². The Kier molecular flexibility index (Phi) is 4.81. The summed E-state index contributed by atoms with van der Waals surface area (Å²) in [6.45, 7) is 2.77. The molecule has 1 aromatic carbocycles. The first-order chi connectivity index (χ1) is 10.2. The van der Waals surface area contributed by atoms with Crippen molar-refractivity contribution < 1.29 is 18.3 Å². The molecule has 118 valence electrons. The van der Waals surface area contributed by atoms with Crippen LogP contribution in [0.25, 0.3) is 0 Å². The maximum atomic E-state index is 12.3. The van der Waals surface area contributed by atoms with E-state index in [1.807, 2.05) is 5.38 Å². The van der Waals surface area contributed by atoms with E-state index in [0.717, 1.165) is 0 Å². The van der Waals surface area contributed by atoms with Gasteiger partial charge in [-0.2, -0.15) is 0 Å². The SMILES string of the molecule is CC(=O)c1cccc(S(=O)(=O)NC[C@](C)(O)c2cccs2)c1. The van der Waals surface area contributed by atoms with Crippen molar-refractivity contribution in [2.75, 3.05) is 6.54 Å². The topological polar surface area (TPSA) is 83.5 Å². The third kappa shape index (κ3) is 3.80. The van der Waals surface area contributed by atoms with E-state index >= 15 is 0 Å². The van der Waals surface area contributed by atoms with Gasteiger partial charge in [0.25, 0.3) is 0 Å². The Labute approximate surface area is 133 Å². The van der Waals surface area contributed by atoms with E-state index in [-0.39, 0.29) is 17.2 Å². The highest BCUT2D eigenvalue weighted by molar-refractivity contribution is 7.89. The maximum absolute atomic E-state index is 12.3. The molecule has 0 saturated carbocycles. The van der Waals surface area contributed by atoms with Gasteiger partial charge in [-0.3, -0.25) is 4.79 Å². The summed E-state index contributed by atoms with van der Waals surface area (Å²) in [5, 5.41) is 12.2. The van der Waals surface area contributed by atoms with Crippen molar-refractivity contribution in [3.05, 3.63) is 52.2 Å². The number of sulfonamides is 1. The highest BCUT2D eigenvalue weighted by Crippen LogP contribution is 2.25. The first-order valence-electron chi connectivity index (χ1n) is 6.59. The number of Topliss-reactive ketones (excluding diaryl/α,β-unsaturated/α-hetero) is 1. The molecular formula is C15H17NO4S2. The predicted molar refractivity (Wildman–Crippen MR) is 85.5 cm³/mol. The molecule has 7 heteroatoms. The van der Waals surface area contributed by atoms with Crippen molar-refractivity contribution >= 4 is 27.1 Å². The first-order valence-corrected chi connectivity index (χ1v) is 8.96. The molecule has 2 rings (SSSR count). The minimum Gasteiger partial charge on any atom is -0.383 e. The third-order valence-corrected chi connectivity index (χ3v) is 5.73. The smallest absolute Gasteiger partial charge is 0.240 e. The fourth-order valence-electron chi connectivity index (χ4n) is 1.87. The lowest BCUT2D eigenvalue weighted by Gasteiger charge is -2.22. The summed E-state index contributed by atoms with van der Waals surface area (Å²) in [4.78, 5) is 12.0. The minimum absolute atomic E-state index is 0.00202. The van der Waals surface area contributed by atoms with Gasteiger partial charge in [-0.25, -0.2) is 13.1 Å². The highest BCUT2D eigenvalue weighted by Gasteiger charge is 2.27. The van der Waals surface area contributed by atoms with E-state index in [1.54, 1.807) is 25.1 Å². The fraction of sp³-hybridized carbons (Fsp3) is 0.267. The molecule has 0 radical (unpaired) electrons. The number of thiophene rings is 1. The fourth-order valence-corrected chi connectivity index (χ4v) is 3.84. The molecule has 0 amide bonds. The molecule has 1 aromatic heterocycles. The molecule has 0 unspecified atom stereocenters. The lowest BCUT2D eigenvalue weighted by molar-refractivity contribution is 0.0666. The van der Waals surface area contributed by atoms with Gasteiger partial charge in [0, 0.05) is 17.0 Å². The van der Waals surface area contributed by atoms with Crippen molar-refractivity contribution in [2.45, 2.75) is 24.3 Å². The molecule has 0 aliphatic rings. The normalized spacial score (nSPS) is 14.5. The van der Waals surface area contributed by atoms with E-state index in [1.165, 1.54) is 36.5 Å². The van der Waals surface area contributed by atoms with Crippen LogP contribution in [0.2, 0.25) is 0 Å². The molecule has 22 heavy (non-hydrogen) atoms. The number of benzene rings is 1. The first kappa shape index (κ1) is 16.8. The number of hydrogen-bond acceptors (Lipinski definition) is 5. The zero-order chi connectivity index (χ0) is 16.4. The van der Waals surface area contributed by atoms with Gasteiger partial charge in [0.2, 0.25) is 10.0 Å². The Bertz CT molecular complexity index is 765. The van der Waals surface area contributed by atoms with E-state index in [0.29, 0.717) is 10.4 Å². The Hall–Kier alpha value is -1.54. The van der Waals surface area contributed by atoms with Crippen LogP contribution in [0, 0.1) is 0 Å². The molecule has 1 atom stereocenters. The molecule has 0 fully saturated rings. The quantitative estimate of drug-likeness (QED) is 0.790. The number of hydrogen-bond donors (Lipinski definition) is 2. The van der Waals surface area contributed by atoms with Crippen molar-refractivity contribution in [1.29, 1.82) is 0 Å². The van der Waals surface area contributed by atoms with Crippen molar-refractivity contribution in [3.63, 3.8) is 0 Å². The van der Waals surface area contributed by atoms with Gasteiger partial charge >= 0.3 is 0 Å². The van der Waals surface area contributed by atoms with Gasteiger partial charge in [0.05, 0.1) is 4.90 Å². The summed E-state index contributed by atoms with van der Waals surface area (Å²) in [7, 11) is -3.80. The number of carbonyl (C=O) groups excluding carboxylic acids is 1. The number of rotatable bonds is 6. The molecule has 0 aliphatic carbocycles. The second-order valence-electron chi connectivity index (χ2n) is 5.16. The summed E-state index contributed by atoms with van der Waals surface area (Å²) in [6.07, 6.45) is 0. The second-order valence-corrected chi connectivity index (χ2v) is 7.87. The molecule has 1 heterocycles. The Morgan fingerprint density at radius 1 is 1.32 bits per heavy atom. The van der Waals surface area contributed by atoms with Gasteiger partial charge in [0.15, 0.2) is 5.78 Å². The van der Waals surface area contributed by atoms with Crippen LogP contribution in [0.15, 0.2) is 46.7 Å². The molecule has 0 bridgehead atoms. The van der Waals surface area contributed by atoms with Crippen LogP contribution in [-0.2, 0) is 15.6 Å². The van der Waals surface area contributed by atoms with Gasteiger partial charge in [-0.15, -0.1) is 11.3 Å². The van der Waals surface area contributed by atoms with Gasteiger partial charge in [0.1, 0.15) is 5.60 Å². The molecule has 0 saturated heterocycles. The lowest BCUT2D eigenvalue weighted by atomic mass is 10.1. The summed E-state index contributed by atoms with van der Waals surface area (Å²) in [5.41, 5.74) is -0.965. The van der Waals surface area contributed by atoms with E-state index in [2.05, 4.69) is 4.72 Å². The minimum atomic E-state index is -3.80. The van der Waals surface area contributed by atoms with Gasteiger partial charge < -0.3 is 5.11 Å². The van der Waals surface area contributed by atoms with Crippen LogP contribution in [0.1, 0.15) is 29.1 Å². The Balaban J connectivity index is 2.18. The summed E-state index contributed by atoms with van der Waals surface area (Å²) in [5.74, 6) is -0.206. The average molecular weight is 339 g/mol. The zero-order valence-electron chi connectivity index (χ0n) is 12.2. The summed E-state index contributed by atoms with van der Waals surface area (Å²) < 4.78 is 27.0. The molecule has 2 N–H and O–H groups in total. The highest BCUT2D eigenvalue weighted by atomic mass is 32.2. The summed E-state index contributed by atoms with van der Waals surface area (Å²) in [6, 6.07) is 9.35. The van der Waals surface area contributed by atoms with Crippen LogP contribution < -0.4 is 4.72 Å². The van der Waals surface area contributed by atoms with E-state index in [4.69, 9.17) is 0 Å². The van der Waals surface area contributed by atoms with E-state index in [9.17, 15) is 18.3 Å². The zero-order valence-corrected chi connectivity index (χ0v) is 13.9. The average Bonchev–Trinajstić information content (AvgIpc) is 3.01. The van der Waals surface area contributed by atoms with Gasteiger partial charge in [-0.05, 0) is 37.4 Å². The van der Waals surface area contributed by atoms with Crippen molar-refractivity contribution in [2.24, 2.45) is 0 Å². The molecule has 0 aliphatic heterocycles. The molecule has 0 spiro atoms. The second kappa shape index (κ2) is 6.29. The largest absolute Gasteiger partial charge is 0.383 e. The number of carbonyl (C=O) groups is 1. The van der Waals surface area contributed by atoms with Crippen molar-refractivity contribution in [1.82, 2.24) is 4.72 Å². The molecular weight excluding hydrogens is 322 g/mol. The standard InChI is InChI=1S/C15H17NO4S2/c1-11(17)12-5-3-6-13(9-12)22(19,20)16-10-15(2,18)14-7-4-8-21-14/h3-9,16,18H,10H2,1-2H3/t15-/m0/s1. The number of ketones is 1. The van der Waals surface area contributed by atoms with Crippen LogP contribution in [0.4, 0.5) is 0 Å². The number of nitrogens with one attached hydrogen (secondary N) is 1. The predicted octanol–water partition coefficient (Wildman–Crippen LogP) is 2.14. The number of aliphatic hydroxyl groups is 1. The van der Waals surface area contributed by atoms with Crippen LogP contribution in [0.5, 0.6) is 0 Å². The van der Waals surface area contributed by atoms with Crippen LogP contribution in [-0.4, -0.2) is 25.9 Å². The maximum Gasteiger partial charge on any atom is 0.240 e. The van der Waals surface area contributed by atoms with E-state index < -0.39 is 15.6 Å². The Morgan fingerprint density at radius 2 is 2.05 bits per heavy atom. The lowest BCUT2D eigenvalue weighted by Crippen LogP contribution is -2.38. The molecule has 2 aromatic rings. The summed E-state index contributed by atoms with van der Waals surface area (Å²) >= 11 is 1.35. The van der Waals surface area contributed by atoms with Gasteiger partial charge in [-0.1, -0.05) is 18.2 Å². The Morgan fingerprint density at radius 3 is 2.64 bits per heavy atom. The van der Waals surface area contributed by atoms with Crippen LogP contribution in [0.3, 0.4) is 0 Å². The third-order valence-electron chi connectivity index (χ3n) is 3.21. The monoisotopic (exact) mass is 339 g/mol. The van der Waals surface area contributed by atoms with Crippen molar-refractivity contribution in [3.8, 4) is 0 Å². The molecule has 5 nitrogen and oxygen atoms in total.